The summed E-state index contributed by atoms with van der Waals surface area (Å²) in [5.74, 6) is 0. The number of rotatable bonds is 5. The Hall–Kier alpha value is -0.190. The second-order valence-corrected chi connectivity index (χ2v) is 3.09. The van der Waals surface area contributed by atoms with Gasteiger partial charge in [-0.1, -0.05) is 23.8 Å². The average molecular weight is 215 g/mol. The molecule has 0 aliphatic rings. The van der Waals surface area contributed by atoms with E-state index in [-0.39, 0.29) is 0 Å². The standard InChI is InChI=1S/C8H13ClF2O2/c1-4-5-6(2)12-8(10,11)13-7(3)9/h4-7H,1-3H3/b5-4-. The summed E-state index contributed by atoms with van der Waals surface area (Å²) in [6.45, 7) is 4.48. The topological polar surface area (TPSA) is 18.5 Å². The molecular weight excluding hydrogens is 202 g/mol. The molecule has 13 heavy (non-hydrogen) atoms. The van der Waals surface area contributed by atoms with E-state index in [0.717, 1.165) is 0 Å². The quantitative estimate of drug-likeness (QED) is 0.398. The van der Waals surface area contributed by atoms with Crippen molar-refractivity contribution in [3.8, 4) is 0 Å². The minimum Gasteiger partial charge on any atom is -0.288 e. The van der Waals surface area contributed by atoms with Gasteiger partial charge in [-0.2, -0.15) is 0 Å². The zero-order chi connectivity index (χ0) is 10.5. The molecule has 5 heteroatoms. The number of alkyl halides is 3. The first-order valence-electron chi connectivity index (χ1n) is 3.87. The molecule has 0 radical (unpaired) electrons. The van der Waals surface area contributed by atoms with E-state index in [1.165, 1.54) is 19.9 Å². The van der Waals surface area contributed by atoms with E-state index in [1.54, 1.807) is 13.0 Å². The summed E-state index contributed by atoms with van der Waals surface area (Å²) in [7, 11) is 0. The van der Waals surface area contributed by atoms with Gasteiger partial charge in [-0.25, -0.2) is 0 Å². The number of ether oxygens (including phenoxy) is 2. The molecule has 0 aromatic carbocycles. The van der Waals surface area contributed by atoms with Crippen molar-refractivity contribution in [3.05, 3.63) is 12.2 Å². The van der Waals surface area contributed by atoms with Gasteiger partial charge in [0.1, 0.15) is 5.56 Å². The number of allylic oxidation sites excluding steroid dienone is 1. The van der Waals surface area contributed by atoms with E-state index in [2.05, 4.69) is 9.47 Å². The van der Waals surface area contributed by atoms with E-state index in [4.69, 9.17) is 11.6 Å². The van der Waals surface area contributed by atoms with Crippen LogP contribution in [-0.2, 0) is 9.47 Å². The van der Waals surface area contributed by atoms with Gasteiger partial charge in [0, 0.05) is 0 Å². The van der Waals surface area contributed by atoms with E-state index in [1.807, 2.05) is 0 Å². The van der Waals surface area contributed by atoms with E-state index < -0.39 is 18.0 Å². The maximum atomic E-state index is 12.7. The predicted octanol–water partition coefficient (Wildman–Crippen LogP) is 3.12. The van der Waals surface area contributed by atoms with Crippen molar-refractivity contribution in [1.29, 1.82) is 0 Å². The highest BCUT2D eigenvalue weighted by molar-refractivity contribution is 6.19. The fourth-order valence-corrected chi connectivity index (χ4v) is 0.847. The lowest BCUT2D eigenvalue weighted by molar-refractivity contribution is -0.403. The van der Waals surface area contributed by atoms with Gasteiger partial charge < -0.3 is 0 Å². The molecule has 0 rings (SSSR count). The van der Waals surface area contributed by atoms with Crippen LogP contribution in [0.3, 0.4) is 0 Å². The summed E-state index contributed by atoms with van der Waals surface area (Å²) in [5.41, 5.74) is -1.09. The van der Waals surface area contributed by atoms with E-state index in [0.29, 0.717) is 0 Å². The molecule has 0 heterocycles. The Kier molecular flexibility index (Phi) is 5.44. The van der Waals surface area contributed by atoms with Crippen molar-refractivity contribution in [1.82, 2.24) is 0 Å². The van der Waals surface area contributed by atoms with Gasteiger partial charge in [0.05, 0.1) is 6.10 Å². The van der Waals surface area contributed by atoms with E-state index >= 15 is 0 Å². The highest BCUT2D eigenvalue weighted by Crippen LogP contribution is 2.22. The summed E-state index contributed by atoms with van der Waals surface area (Å²) in [6, 6.07) is 0. The Morgan fingerprint density at radius 1 is 1.31 bits per heavy atom. The molecule has 2 unspecified atom stereocenters. The fourth-order valence-electron chi connectivity index (χ4n) is 0.744. The van der Waals surface area contributed by atoms with Crippen LogP contribution in [0.5, 0.6) is 0 Å². The Labute approximate surface area is 81.5 Å². The zero-order valence-corrected chi connectivity index (χ0v) is 8.52. The highest BCUT2D eigenvalue weighted by atomic mass is 35.5. The molecule has 0 aliphatic carbocycles. The summed E-state index contributed by atoms with van der Waals surface area (Å²) < 4.78 is 33.7. The van der Waals surface area contributed by atoms with Crippen LogP contribution in [0.2, 0.25) is 0 Å². The molecule has 0 aliphatic heterocycles. The average Bonchev–Trinajstić information content (AvgIpc) is 1.81. The van der Waals surface area contributed by atoms with Crippen molar-refractivity contribution < 1.29 is 18.3 Å². The molecule has 0 bridgehead atoms. The van der Waals surface area contributed by atoms with Crippen LogP contribution in [0.4, 0.5) is 8.78 Å². The van der Waals surface area contributed by atoms with Crippen LogP contribution < -0.4 is 0 Å². The molecule has 2 atom stereocenters. The first-order chi connectivity index (χ1) is 5.87. The molecule has 0 saturated heterocycles. The van der Waals surface area contributed by atoms with Gasteiger partial charge in [-0.05, 0) is 20.8 Å². The Morgan fingerprint density at radius 2 is 1.85 bits per heavy atom. The third-order valence-electron chi connectivity index (χ3n) is 1.09. The smallest absolute Gasteiger partial charge is 0.288 e. The lowest BCUT2D eigenvalue weighted by Crippen LogP contribution is -2.30. The molecule has 0 N–H and O–H groups in total. The van der Waals surface area contributed by atoms with Crippen molar-refractivity contribution in [2.75, 3.05) is 0 Å². The Morgan fingerprint density at radius 3 is 2.23 bits per heavy atom. The molecule has 78 valence electrons. The number of hydrogen-bond donors (Lipinski definition) is 0. The second kappa shape index (κ2) is 5.52. The van der Waals surface area contributed by atoms with E-state index in [9.17, 15) is 8.78 Å². The minimum atomic E-state index is -3.64. The van der Waals surface area contributed by atoms with Crippen LogP contribution in [0, 0.1) is 0 Å². The Balaban J connectivity index is 4.00. The number of hydrogen-bond acceptors (Lipinski definition) is 2. The third-order valence-corrected chi connectivity index (χ3v) is 1.18. The summed E-state index contributed by atoms with van der Waals surface area (Å²) in [4.78, 5) is 0. The lowest BCUT2D eigenvalue weighted by atomic mass is 10.4. The fraction of sp³-hybridized carbons (Fsp3) is 0.750. The molecule has 0 spiro atoms. The SMILES string of the molecule is C/C=C\C(C)OC(F)(F)OC(C)Cl. The molecular formula is C8H13ClF2O2. The van der Waals surface area contributed by atoms with Crippen LogP contribution in [0.1, 0.15) is 20.8 Å². The number of halogens is 3. The van der Waals surface area contributed by atoms with Gasteiger partial charge >= 0.3 is 6.29 Å². The second-order valence-electron chi connectivity index (χ2n) is 2.47. The summed E-state index contributed by atoms with van der Waals surface area (Å²) in [6.07, 6.45) is -1.25. The van der Waals surface area contributed by atoms with Crippen LogP contribution in [0.15, 0.2) is 12.2 Å². The molecule has 0 amide bonds. The first kappa shape index (κ1) is 12.8. The normalized spacial score (nSPS) is 17.7. The van der Waals surface area contributed by atoms with Crippen molar-refractivity contribution in [3.63, 3.8) is 0 Å². The predicted molar refractivity (Wildman–Crippen MR) is 46.7 cm³/mol. The molecule has 0 aromatic heterocycles. The van der Waals surface area contributed by atoms with Gasteiger partial charge in [-0.15, -0.1) is 8.78 Å². The largest absolute Gasteiger partial charge is 0.487 e. The van der Waals surface area contributed by atoms with Crippen LogP contribution in [-0.4, -0.2) is 18.0 Å². The summed E-state index contributed by atoms with van der Waals surface area (Å²) >= 11 is 5.22. The van der Waals surface area contributed by atoms with Gasteiger partial charge in [0.2, 0.25) is 0 Å². The van der Waals surface area contributed by atoms with Crippen LogP contribution >= 0.6 is 11.6 Å². The van der Waals surface area contributed by atoms with Gasteiger partial charge in [0.25, 0.3) is 0 Å². The first-order valence-corrected chi connectivity index (χ1v) is 4.31. The highest BCUT2D eigenvalue weighted by Gasteiger charge is 2.35. The molecule has 0 aromatic rings. The minimum absolute atomic E-state index is 0.713. The van der Waals surface area contributed by atoms with Crippen LogP contribution in [0.25, 0.3) is 0 Å². The lowest BCUT2D eigenvalue weighted by Gasteiger charge is -2.20. The molecule has 2 nitrogen and oxygen atoms in total. The van der Waals surface area contributed by atoms with Crippen molar-refractivity contribution >= 4 is 11.6 Å². The third kappa shape index (κ3) is 6.93. The Bertz CT molecular complexity index is 172. The van der Waals surface area contributed by atoms with Gasteiger partial charge in [0.15, 0.2) is 0 Å². The van der Waals surface area contributed by atoms with Gasteiger partial charge in [-0.3, -0.25) is 9.47 Å². The maximum Gasteiger partial charge on any atom is 0.487 e. The van der Waals surface area contributed by atoms with Crippen molar-refractivity contribution in [2.24, 2.45) is 0 Å². The zero-order valence-electron chi connectivity index (χ0n) is 7.76. The maximum absolute atomic E-state index is 12.7. The molecule has 0 fully saturated rings. The molecule has 0 saturated carbocycles. The monoisotopic (exact) mass is 214 g/mol. The van der Waals surface area contributed by atoms with Crippen molar-refractivity contribution in [2.45, 2.75) is 38.7 Å². The summed E-state index contributed by atoms with van der Waals surface area (Å²) in [5, 5.41) is 0.